The van der Waals surface area contributed by atoms with Gasteiger partial charge in [-0.15, -0.1) is 11.3 Å². The zero-order valence-electron chi connectivity index (χ0n) is 13.5. The molecule has 1 unspecified atom stereocenters. The highest BCUT2D eigenvalue weighted by molar-refractivity contribution is 14.1. The topological polar surface area (TPSA) is 46.5 Å². The lowest BCUT2D eigenvalue weighted by atomic mass is 9.96. The normalized spacial score (nSPS) is 12.3. The van der Waals surface area contributed by atoms with E-state index in [0.717, 1.165) is 30.5 Å². The van der Waals surface area contributed by atoms with E-state index in [2.05, 4.69) is 22.6 Å². The van der Waals surface area contributed by atoms with Crippen molar-refractivity contribution < 1.29 is 14.6 Å². The van der Waals surface area contributed by atoms with Crippen LogP contribution in [-0.4, -0.2) is 11.1 Å². The second kappa shape index (κ2) is 7.93. The van der Waals surface area contributed by atoms with E-state index in [-0.39, 0.29) is 0 Å². The number of rotatable bonds is 6. The van der Waals surface area contributed by atoms with Crippen molar-refractivity contribution in [2.75, 3.05) is 0 Å². The number of hydrogen-bond donors (Lipinski definition) is 1. The molecule has 1 aromatic heterocycles. The number of hydrogen-bond acceptors (Lipinski definition) is 3. The minimum atomic E-state index is -0.782. The first kappa shape index (κ1) is 18.5. The lowest BCUT2D eigenvalue weighted by Crippen LogP contribution is -2.09. The van der Waals surface area contributed by atoms with Crippen LogP contribution >= 0.6 is 45.5 Å². The number of carboxylic acids is 1. The number of thiophene rings is 1. The van der Waals surface area contributed by atoms with E-state index in [1.54, 1.807) is 11.3 Å². The molecule has 25 heavy (non-hydrogen) atoms. The first-order valence-electron chi connectivity index (χ1n) is 7.80. The molecule has 3 rings (SSSR count). The van der Waals surface area contributed by atoms with Crippen molar-refractivity contribution in [3.63, 3.8) is 0 Å². The van der Waals surface area contributed by atoms with Crippen molar-refractivity contribution in [1.29, 1.82) is 0 Å². The molecule has 0 fully saturated rings. The van der Waals surface area contributed by atoms with Gasteiger partial charge in [0.15, 0.2) is 0 Å². The van der Waals surface area contributed by atoms with Crippen molar-refractivity contribution in [3.8, 4) is 5.75 Å². The van der Waals surface area contributed by atoms with Crippen LogP contribution in [0.2, 0.25) is 5.02 Å². The van der Waals surface area contributed by atoms with E-state index in [1.165, 1.54) is 0 Å². The van der Waals surface area contributed by atoms with Gasteiger partial charge in [-0.2, -0.15) is 0 Å². The fourth-order valence-corrected chi connectivity index (χ4v) is 4.67. The third-order valence-corrected chi connectivity index (χ3v) is 6.05. The molecule has 0 saturated carbocycles. The van der Waals surface area contributed by atoms with E-state index in [1.807, 2.05) is 48.7 Å². The molecule has 130 valence electrons. The van der Waals surface area contributed by atoms with Gasteiger partial charge in [-0.25, -0.2) is 0 Å². The minimum Gasteiger partial charge on any atom is -0.489 e. The summed E-state index contributed by atoms with van der Waals surface area (Å²) < 4.78 is 7.98. The molecule has 0 radical (unpaired) electrons. The van der Waals surface area contributed by atoms with Crippen molar-refractivity contribution in [3.05, 3.63) is 61.5 Å². The quantitative estimate of drug-likeness (QED) is 0.415. The van der Waals surface area contributed by atoms with E-state index in [0.29, 0.717) is 18.1 Å². The fourth-order valence-electron chi connectivity index (χ4n) is 2.72. The van der Waals surface area contributed by atoms with Gasteiger partial charge in [-0.05, 0) is 75.7 Å². The summed E-state index contributed by atoms with van der Waals surface area (Å²) in [5.74, 6) is -0.499. The lowest BCUT2D eigenvalue weighted by molar-refractivity contribution is -0.138. The molecule has 1 heterocycles. The Labute approximate surface area is 168 Å². The molecule has 0 bridgehead atoms. The number of carbonyl (C=O) groups is 1. The van der Waals surface area contributed by atoms with Gasteiger partial charge in [0, 0.05) is 18.9 Å². The molecule has 1 N–H and O–H groups in total. The molecule has 0 saturated heterocycles. The molecule has 0 aliphatic heterocycles. The van der Waals surface area contributed by atoms with Crippen LogP contribution in [0.5, 0.6) is 5.75 Å². The van der Waals surface area contributed by atoms with Crippen molar-refractivity contribution in [2.24, 2.45) is 0 Å². The van der Waals surface area contributed by atoms with Crippen LogP contribution in [0.25, 0.3) is 10.1 Å². The van der Waals surface area contributed by atoms with Crippen molar-refractivity contribution in [2.45, 2.75) is 25.9 Å². The van der Waals surface area contributed by atoms with Crippen LogP contribution in [-0.2, 0) is 11.4 Å². The van der Waals surface area contributed by atoms with Crippen LogP contribution in [0.1, 0.15) is 30.4 Å². The Bertz CT molecular complexity index is 922. The van der Waals surface area contributed by atoms with Gasteiger partial charge in [0.1, 0.15) is 12.4 Å². The van der Waals surface area contributed by atoms with Crippen LogP contribution < -0.4 is 4.74 Å². The van der Waals surface area contributed by atoms with E-state index in [4.69, 9.17) is 16.3 Å². The zero-order valence-corrected chi connectivity index (χ0v) is 17.2. The van der Waals surface area contributed by atoms with Crippen LogP contribution in [0.3, 0.4) is 0 Å². The average Bonchev–Trinajstić information content (AvgIpc) is 2.97. The van der Waals surface area contributed by atoms with Gasteiger partial charge in [-0.1, -0.05) is 24.6 Å². The molecule has 0 spiro atoms. The minimum absolute atomic E-state index is 0.395. The summed E-state index contributed by atoms with van der Waals surface area (Å²) >= 11 is 10.0. The molecule has 0 amide bonds. The Morgan fingerprint density at radius 3 is 2.80 bits per heavy atom. The van der Waals surface area contributed by atoms with Gasteiger partial charge < -0.3 is 9.84 Å². The van der Waals surface area contributed by atoms with Gasteiger partial charge in [-0.3, -0.25) is 4.79 Å². The summed E-state index contributed by atoms with van der Waals surface area (Å²) in [6, 6.07) is 11.7. The third kappa shape index (κ3) is 4.10. The number of halogens is 2. The number of carboxylic acid groups (broad SMARTS) is 1. The molecule has 6 heteroatoms. The van der Waals surface area contributed by atoms with Crippen LogP contribution in [0, 0.1) is 3.57 Å². The molecule has 0 aliphatic rings. The Balaban J connectivity index is 1.81. The van der Waals surface area contributed by atoms with Gasteiger partial charge in [0.2, 0.25) is 0 Å². The largest absolute Gasteiger partial charge is 0.489 e. The first-order valence-corrected chi connectivity index (χ1v) is 10.1. The first-order chi connectivity index (χ1) is 12.0. The molecule has 1 atom stereocenters. The molecule has 0 aliphatic carbocycles. The molecular weight excluding hydrogens is 471 g/mol. The maximum absolute atomic E-state index is 11.4. The van der Waals surface area contributed by atoms with Gasteiger partial charge in [0.25, 0.3) is 0 Å². The van der Waals surface area contributed by atoms with Crippen LogP contribution in [0.4, 0.5) is 0 Å². The second-order valence-electron chi connectivity index (χ2n) is 5.67. The molecular formula is C19H16ClIO3S. The Hall–Kier alpha value is -1.31. The maximum atomic E-state index is 11.4. The van der Waals surface area contributed by atoms with E-state index < -0.39 is 11.9 Å². The molecule has 2 aromatic carbocycles. The molecule has 3 aromatic rings. The summed E-state index contributed by atoms with van der Waals surface area (Å²) in [5.41, 5.74) is 1.81. The third-order valence-electron chi connectivity index (χ3n) is 4.07. The smallest absolute Gasteiger partial charge is 0.311 e. The Morgan fingerprint density at radius 1 is 1.32 bits per heavy atom. The highest BCUT2D eigenvalue weighted by Crippen LogP contribution is 2.35. The standard InChI is InChI=1S/C19H16ClIO3S/c1-2-14(19(22)23)16-10-25-18-8-13(5-6-15(16)18)24-9-11-3-4-12(21)7-17(11)20/h3-8,10,14H,2,9H2,1H3,(H,22,23). The highest BCUT2D eigenvalue weighted by Gasteiger charge is 2.21. The number of fused-ring (bicyclic) bond motifs is 1. The van der Waals surface area contributed by atoms with Gasteiger partial charge >= 0.3 is 5.97 Å². The summed E-state index contributed by atoms with van der Waals surface area (Å²) in [6.07, 6.45) is 0.574. The van der Waals surface area contributed by atoms with E-state index in [9.17, 15) is 9.90 Å². The predicted molar refractivity (Wildman–Crippen MR) is 111 cm³/mol. The monoisotopic (exact) mass is 486 g/mol. The number of ether oxygens (including phenoxy) is 1. The lowest BCUT2D eigenvalue weighted by Gasteiger charge is -2.10. The summed E-state index contributed by atoms with van der Waals surface area (Å²) in [5, 5.41) is 13.0. The van der Waals surface area contributed by atoms with E-state index >= 15 is 0 Å². The Kier molecular flexibility index (Phi) is 5.86. The summed E-state index contributed by atoms with van der Waals surface area (Å²) in [4.78, 5) is 11.4. The number of benzene rings is 2. The maximum Gasteiger partial charge on any atom is 0.311 e. The van der Waals surface area contributed by atoms with Crippen molar-refractivity contribution in [1.82, 2.24) is 0 Å². The average molecular weight is 487 g/mol. The number of aliphatic carboxylic acids is 1. The summed E-state index contributed by atoms with van der Waals surface area (Å²) in [7, 11) is 0. The summed E-state index contributed by atoms with van der Waals surface area (Å²) in [6.45, 7) is 2.29. The van der Waals surface area contributed by atoms with Crippen molar-refractivity contribution >= 4 is 61.6 Å². The Morgan fingerprint density at radius 2 is 2.12 bits per heavy atom. The SMILES string of the molecule is CCC(C(=O)O)c1csc2cc(OCc3ccc(I)cc3Cl)ccc12. The molecule has 3 nitrogen and oxygen atoms in total. The fraction of sp³-hybridized carbons (Fsp3) is 0.211. The zero-order chi connectivity index (χ0) is 18.0. The van der Waals surface area contributed by atoms with Crippen LogP contribution in [0.15, 0.2) is 41.8 Å². The second-order valence-corrected chi connectivity index (χ2v) is 8.24. The predicted octanol–water partition coefficient (Wildman–Crippen LogP) is 6.32. The van der Waals surface area contributed by atoms with Gasteiger partial charge in [0.05, 0.1) is 5.92 Å². The highest BCUT2D eigenvalue weighted by atomic mass is 127.